The first kappa shape index (κ1) is 11.7. The van der Waals surface area contributed by atoms with Crippen LogP contribution in [0.2, 0.25) is 0 Å². The highest BCUT2D eigenvalue weighted by Gasteiger charge is 2.13. The normalized spacial score (nSPS) is 12.3. The summed E-state index contributed by atoms with van der Waals surface area (Å²) in [6, 6.07) is 2.24. The van der Waals surface area contributed by atoms with Gasteiger partial charge >= 0.3 is 0 Å². The van der Waals surface area contributed by atoms with E-state index in [9.17, 15) is 0 Å². The van der Waals surface area contributed by atoms with Gasteiger partial charge < -0.3 is 9.84 Å². The predicted molar refractivity (Wildman–Crippen MR) is 54.9 cm³/mol. The zero-order valence-electron chi connectivity index (χ0n) is 9.16. The standard InChI is InChI=1S/C10H16N4O/c1-3-9(12-7-5-4-6-11)10-13-8(2)15-14-10/h9,12H,3-5,7H2,1-2H3/t9-/m0/s1. The van der Waals surface area contributed by atoms with Gasteiger partial charge in [0.1, 0.15) is 0 Å². The minimum Gasteiger partial charge on any atom is -0.340 e. The molecule has 0 spiro atoms. The Morgan fingerprint density at radius 3 is 2.93 bits per heavy atom. The van der Waals surface area contributed by atoms with E-state index in [1.54, 1.807) is 6.92 Å². The molecule has 1 aromatic heterocycles. The molecule has 1 rings (SSSR count). The van der Waals surface area contributed by atoms with Crippen molar-refractivity contribution in [2.24, 2.45) is 0 Å². The maximum absolute atomic E-state index is 8.39. The summed E-state index contributed by atoms with van der Waals surface area (Å²) in [4.78, 5) is 4.18. The van der Waals surface area contributed by atoms with Gasteiger partial charge in [-0.2, -0.15) is 10.2 Å². The number of hydrogen-bond acceptors (Lipinski definition) is 5. The third-order valence-corrected chi connectivity index (χ3v) is 2.12. The Bertz CT molecular complexity index is 328. The lowest BCUT2D eigenvalue weighted by Gasteiger charge is -2.11. The van der Waals surface area contributed by atoms with E-state index >= 15 is 0 Å². The number of nitrogens with one attached hydrogen (secondary N) is 1. The smallest absolute Gasteiger partial charge is 0.223 e. The van der Waals surface area contributed by atoms with Crippen molar-refractivity contribution >= 4 is 0 Å². The van der Waals surface area contributed by atoms with Crippen LogP contribution in [0.5, 0.6) is 0 Å². The third kappa shape index (κ3) is 3.68. The van der Waals surface area contributed by atoms with Crippen molar-refractivity contribution < 1.29 is 4.52 Å². The van der Waals surface area contributed by atoms with Crippen LogP contribution in [0.3, 0.4) is 0 Å². The summed E-state index contributed by atoms with van der Waals surface area (Å²) in [5.41, 5.74) is 0. The quantitative estimate of drug-likeness (QED) is 0.720. The summed E-state index contributed by atoms with van der Waals surface area (Å²) in [5, 5.41) is 15.6. The molecule has 0 radical (unpaired) electrons. The van der Waals surface area contributed by atoms with Gasteiger partial charge in [-0.25, -0.2) is 0 Å². The molecule has 0 aromatic carbocycles. The first-order valence-corrected chi connectivity index (χ1v) is 5.18. The van der Waals surface area contributed by atoms with Crippen LogP contribution in [0, 0.1) is 18.3 Å². The van der Waals surface area contributed by atoms with E-state index in [1.807, 2.05) is 0 Å². The fraction of sp³-hybridized carbons (Fsp3) is 0.700. The topological polar surface area (TPSA) is 74.7 Å². The summed E-state index contributed by atoms with van der Waals surface area (Å²) in [6.45, 7) is 4.65. The molecule has 5 nitrogen and oxygen atoms in total. The van der Waals surface area contributed by atoms with Crippen molar-refractivity contribution in [3.8, 4) is 6.07 Å². The zero-order chi connectivity index (χ0) is 11.1. The molecule has 82 valence electrons. The Balaban J connectivity index is 2.40. The van der Waals surface area contributed by atoms with Crippen LogP contribution in [-0.4, -0.2) is 16.7 Å². The molecule has 1 N–H and O–H groups in total. The van der Waals surface area contributed by atoms with Gasteiger partial charge in [0, 0.05) is 13.3 Å². The van der Waals surface area contributed by atoms with E-state index in [2.05, 4.69) is 28.5 Å². The van der Waals surface area contributed by atoms with E-state index < -0.39 is 0 Å². The molecule has 0 fully saturated rings. The molecule has 15 heavy (non-hydrogen) atoms. The number of aromatic nitrogens is 2. The van der Waals surface area contributed by atoms with Crippen LogP contribution in [0.15, 0.2) is 4.52 Å². The Hall–Kier alpha value is -1.41. The highest BCUT2D eigenvalue weighted by molar-refractivity contribution is 4.92. The first-order valence-electron chi connectivity index (χ1n) is 5.18. The number of nitrogens with zero attached hydrogens (tertiary/aromatic N) is 3. The summed E-state index contributed by atoms with van der Waals surface area (Å²) in [5.74, 6) is 1.29. The number of hydrogen-bond donors (Lipinski definition) is 1. The lowest BCUT2D eigenvalue weighted by molar-refractivity contribution is 0.374. The van der Waals surface area contributed by atoms with Gasteiger partial charge in [-0.1, -0.05) is 12.1 Å². The highest BCUT2D eigenvalue weighted by Crippen LogP contribution is 2.12. The molecular weight excluding hydrogens is 192 g/mol. The molecule has 0 bridgehead atoms. The van der Waals surface area contributed by atoms with Gasteiger partial charge in [0.2, 0.25) is 5.89 Å². The van der Waals surface area contributed by atoms with Crippen LogP contribution < -0.4 is 5.32 Å². The third-order valence-electron chi connectivity index (χ3n) is 2.12. The summed E-state index contributed by atoms with van der Waals surface area (Å²) < 4.78 is 4.92. The Labute approximate surface area is 89.5 Å². The molecule has 0 aliphatic rings. The molecule has 0 saturated heterocycles. The fourth-order valence-corrected chi connectivity index (χ4v) is 1.32. The van der Waals surface area contributed by atoms with E-state index in [0.717, 1.165) is 19.4 Å². The maximum Gasteiger partial charge on any atom is 0.223 e. The fourth-order valence-electron chi connectivity index (χ4n) is 1.32. The zero-order valence-corrected chi connectivity index (χ0v) is 9.16. The minimum atomic E-state index is 0.126. The van der Waals surface area contributed by atoms with E-state index in [0.29, 0.717) is 18.1 Å². The molecule has 0 aliphatic heterocycles. The number of rotatable bonds is 6. The lowest BCUT2D eigenvalue weighted by Crippen LogP contribution is -2.22. The van der Waals surface area contributed by atoms with Crippen molar-refractivity contribution in [2.75, 3.05) is 6.54 Å². The monoisotopic (exact) mass is 208 g/mol. The first-order chi connectivity index (χ1) is 7.27. The molecule has 5 heteroatoms. The van der Waals surface area contributed by atoms with Gasteiger partial charge in [0.15, 0.2) is 5.82 Å². The Morgan fingerprint density at radius 1 is 1.60 bits per heavy atom. The molecule has 0 aliphatic carbocycles. The van der Waals surface area contributed by atoms with Crippen LogP contribution >= 0.6 is 0 Å². The van der Waals surface area contributed by atoms with Gasteiger partial charge in [-0.3, -0.25) is 0 Å². The Morgan fingerprint density at radius 2 is 2.40 bits per heavy atom. The average molecular weight is 208 g/mol. The van der Waals surface area contributed by atoms with Crippen molar-refractivity contribution in [1.29, 1.82) is 5.26 Å². The summed E-state index contributed by atoms with van der Waals surface area (Å²) in [7, 11) is 0. The number of unbranched alkanes of at least 4 members (excludes halogenated alkanes) is 1. The largest absolute Gasteiger partial charge is 0.340 e. The molecule has 1 heterocycles. The van der Waals surface area contributed by atoms with Crippen molar-refractivity contribution in [2.45, 2.75) is 39.2 Å². The minimum absolute atomic E-state index is 0.126. The second-order valence-electron chi connectivity index (χ2n) is 3.35. The molecule has 1 atom stereocenters. The van der Waals surface area contributed by atoms with E-state index in [-0.39, 0.29) is 6.04 Å². The van der Waals surface area contributed by atoms with Crippen molar-refractivity contribution in [3.63, 3.8) is 0 Å². The van der Waals surface area contributed by atoms with Gasteiger partial charge in [0.05, 0.1) is 12.1 Å². The van der Waals surface area contributed by atoms with Gasteiger partial charge in [-0.05, 0) is 19.4 Å². The maximum atomic E-state index is 8.39. The average Bonchev–Trinajstić information content (AvgIpc) is 2.65. The lowest BCUT2D eigenvalue weighted by atomic mass is 10.2. The molecule has 0 unspecified atom stereocenters. The van der Waals surface area contributed by atoms with Crippen molar-refractivity contribution in [1.82, 2.24) is 15.5 Å². The molecule has 0 amide bonds. The Kier molecular flexibility index (Phi) is 4.78. The van der Waals surface area contributed by atoms with E-state index in [1.165, 1.54) is 0 Å². The second-order valence-corrected chi connectivity index (χ2v) is 3.35. The predicted octanol–water partition coefficient (Wildman–Crippen LogP) is 1.72. The van der Waals surface area contributed by atoms with Crippen LogP contribution in [0.25, 0.3) is 0 Å². The molecular formula is C10H16N4O. The summed E-state index contributed by atoms with van der Waals surface area (Å²) >= 11 is 0. The molecule has 1 aromatic rings. The van der Waals surface area contributed by atoms with Gasteiger partial charge in [-0.15, -0.1) is 0 Å². The van der Waals surface area contributed by atoms with Crippen LogP contribution in [0.4, 0.5) is 0 Å². The number of nitriles is 1. The summed E-state index contributed by atoms with van der Waals surface area (Å²) in [6.07, 6.45) is 2.34. The van der Waals surface area contributed by atoms with Crippen LogP contribution in [-0.2, 0) is 0 Å². The van der Waals surface area contributed by atoms with Gasteiger partial charge in [0.25, 0.3) is 0 Å². The molecule has 0 saturated carbocycles. The highest BCUT2D eigenvalue weighted by atomic mass is 16.5. The van der Waals surface area contributed by atoms with E-state index in [4.69, 9.17) is 9.78 Å². The SMILES string of the molecule is CC[C@H](NCCCC#N)c1noc(C)n1. The van der Waals surface area contributed by atoms with Crippen LogP contribution in [0.1, 0.15) is 43.9 Å². The second kappa shape index (κ2) is 6.14. The van der Waals surface area contributed by atoms with Crippen molar-refractivity contribution in [3.05, 3.63) is 11.7 Å². The number of aryl methyl sites for hydroxylation is 1.